The molecule has 140 valence electrons. The molecule has 1 aliphatic heterocycles. The Bertz CT molecular complexity index is 659. The number of rotatable bonds is 8. The first kappa shape index (κ1) is 19.7. The molecule has 0 unspecified atom stereocenters. The van der Waals surface area contributed by atoms with E-state index in [2.05, 4.69) is 10.2 Å². The predicted octanol–water partition coefficient (Wildman–Crippen LogP) is 0.156. The average Bonchev–Trinajstić information content (AvgIpc) is 2.69. The summed E-state index contributed by atoms with van der Waals surface area (Å²) in [5.74, 6) is -0.535. The van der Waals surface area contributed by atoms with Crippen molar-refractivity contribution in [2.75, 3.05) is 62.8 Å². The normalized spacial score (nSPS) is 14.7. The van der Waals surface area contributed by atoms with E-state index in [4.69, 9.17) is 14.9 Å². The van der Waals surface area contributed by atoms with Gasteiger partial charge in [0.1, 0.15) is 11.6 Å². The summed E-state index contributed by atoms with van der Waals surface area (Å²) < 4.78 is 5.37. The van der Waals surface area contributed by atoms with Crippen LogP contribution >= 0.6 is 0 Å². The standard InChI is InChI=1S/C18H24N4O4/c19-13-15(18(25)22(5-9-23)6-10-24)14-20-16-3-1-2-4-17(16)21-7-11-26-12-8-21/h1-4,14,20,23-24H,5-12H2/b15-14-. The molecule has 1 aliphatic rings. The number of nitriles is 1. The van der Waals surface area contributed by atoms with Gasteiger partial charge in [-0.1, -0.05) is 12.1 Å². The van der Waals surface area contributed by atoms with E-state index in [0.717, 1.165) is 24.5 Å². The Hall–Kier alpha value is -2.60. The number of nitrogens with zero attached hydrogens (tertiary/aromatic N) is 3. The Morgan fingerprint density at radius 2 is 1.92 bits per heavy atom. The number of aliphatic hydroxyl groups is 2. The van der Waals surface area contributed by atoms with Crippen LogP contribution in [0.5, 0.6) is 0 Å². The summed E-state index contributed by atoms with van der Waals surface area (Å²) in [5, 5.41) is 30.5. The molecule has 1 aromatic rings. The molecule has 0 aromatic heterocycles. The summed E-state index contributed by atoms with van der Waals surface area (Å²) in [6.45, 7) is 2.49. The van der Waals surface area contributed by atoms with Crippen LogP contribution in [0.4, 0.5) is 11.4 Å². The molecule has 26 heavy (non-hydrogen) atoms. The fraction of sp³-hybridized carbons (Fsp3) is 0.444. The van der Waals surface area contributed by atoms with Crippen LogP contribution in [0.2, 0.25) is 0 Å². The Morgan fingerprint density at radius 1 is 1.27 bits per heavy atom. The number of anilines is 2. The van der Waals surface area contributed by atoms with Gasteiger partial charge in [-0.2, -0.15) is 5.26 Å². The molecular formula is C18H24N4O4. The molecule has 1 saturated heterocycles. The number of amides is 1. The summed E-state index contributed by atoms with van der Waals surface area (Å²) in [7, 11) is 0. The zero-order valence-corrected chi connectivity index (χ0v) is 14.6. The fourth-order valence-corrected chi connectivity index (χ4v) is 2.69. The van der Waals surface area contributed by atoms with Crippen molar-refractivity contribution in [3.05, 3.63) is 36.0 Å². The molecule has 3 N–H and O–H groups in total. The maximum Gasteiger partial charge on any atom is 0.266 e. The molecule has 2 rings (SSSR count). The second-order valence-corrected chi connectivity index (χ2v) is 5.67. The monoisotopic (exact) mass is 360 g/mol. The van der Waals surface area contributed by atoms with Crippen LogP contribution in [-0.2, 0) is 9.53 Å². The molecule has 0 saturated carbocycles. The van der Waals surface area contributed by atoms with E-state index >= 15 is 0 Å². The van der Waals surface area contributed by atoms with Crippen molar-refractivity contribution in [3.8, 4) is 6.07 Å². The van der Waals surface area contributed by atoms with Crippen molar-refractivity contribution in [3.63, 3.8) is 0 Å². The smallest absolute Gasteiger partial charge is 0.266 e. The van der Waals surface area contributed by atoms with Crippen molar-refractivity contribution >= 4 is 17.3 Å². The molecule has 0 bridgehead atoms. The lowest BCUT2D eigenvalue weighted by atomic mass is 10.2. The Balaban J connectivity index is 2.16. The van der Waals surface area contributed by atoms with Gasteiger partial charge in [0.05, 0.1) is 37.8 Å². The lowest BCUT2D eigenvalue weighted by Crippen LogP contribution is -2.37. The number of morpholine rings is 1. The number of benzene rings is 1. The molecule has 8 heteroatoms. The van der Waals surface area contributed by atoms with Crippen LogP contribution in [0.15, 0.2) is 36.0 Å². The van der Waals surface area contributed by atoms with Crippen LogP contribution in [0.1, 0.15) is 0 Å². The lowest BCUT2D eigenvalue weighted by Gasteiger charge is -2.30. The van der Waals surface area contributed by atoms with Gasteiger partial charge < -0.3 is 30.1 Å². The molecule has 0 radical (unpaired) electrons. The third-order valence-electron chi connectivity index (χ3n) is 4.01. The van der Waals surface area contributed by atoms with Gasteiger partial charge in [-0.25, -0.2) is 0 Å². The number of hydrogen-bond donors (Lipinski definition) is 3. The number of carbonyl (C=O) groups is 1. The third kappa shape index (κ3) is 5.20. The molecular weight excluding hydrogens is 336 g/mol. The summed E-state index contributed by atoms with van der Waals surface area (Å²) in [4.78, 5) is 15.8. The van der Waals surface area contributed by atoms with Crippen molar-refractivity contribution < 1.29 is 19.7 Å². The molecule has 0 spiro atoms. The third-order valence-corrected chi connectivity index (χ3v) is 4.01. The highest BCUT2D eigenvalue weighted by Gasteiger charge is 2.18. The van der Waals surface area contributed by atoms with Gasteiger partial charge >= 0.3 is 0 Å². The van der Waals surface area contributed by atoms with Gasteiger partial charge in [0.2, 0.25) is 0 Å². The predicted molar refractivity (Wildman–Crippen MR) is 97.5 cm³/mol. The van der Waals surface area contributed by atoms with Gasteiger partial charge in [-0.3, -0.25) is 4.79 Å². The first-order chi connectivity index (χ1) is 12.7. The van der Waals surface area contributed by atoms with Crippen LogP contribution in [0.25, 0.3) is 0 Å². The van der Waals surface area contributed by atoms with Crippen molar-refractivity contribution in [2.24, 2.45) is 0 Å². The lowest BCUT2D eigenvalue weighted by molar-refractivity contribution is -0.127. The molecule has 8 nitrogen and oxygen atoms in total. The largest absolute Gasteiger partial charge is 0.395 e. The van der Waals surface area contributed by atoms with Gasteiger partial charge in [0.25, 0.3) is 5.91 Å². The van der Waals surface area contributed by atoms with Crippen LogP contribution in [0, 0.1) is 11.3 Å². The summed E-state index contributed by atoms with van der Waals surface area (Å²) in [6.07, 6.45) is 1.36. The quantitative estimate of drug-likeness (QED) is 0.447. The zero-order chi connectivity index (χ0) is 18.8. The Labute approximate surface area is 152 Å². The molecule has 1 heterocycles. The number of para-hydroxylation sites is 2. The molecule has 0 atom stereocenters. The van der Waals surface area contributed by atoms with Crippen LogP contribution in [0.3, 0.4) is 0 Å². The van der Waals surface area contributed by atoms with Crippen LogP contribution < -0.4 is 10.2 Å². The number of aliphatic hydroxyl groups excluding tert-OH is 2. The first-order valence-corrected chi connectivity index (χ1v) is 8.50. The van der Waals surface area contributed by atoms with Gasteiger partial charge in [0.15, 0.2) is 0 Å². The van der Waals surface area contributed by atoms with Crippen molar-refractivity contribution in [2.45, 2.75) is 0 Å². The number of carbonyl (C=O) groups excluding carboxylic acids is 1. The van der Waals surface area contributed by atoms with E-state index in [-0.39, 0.29) is 31.9 Å². The second kappa shape index (κ2) is 10.4. The van der Waals surface area contributed by atoms with Gasteiger partial charge in [0, 0.05) is 32.4 Å². The highest BCUT2D eigenvalue weighted by molar-refractivity contribution is 5.97. The second-order valence-electron chi connectivity index (χ2n) is 5.67. The minimum atomic E-state index is -0.535. The van der Waals surface area contributed by atoms with E-state index in [1.54, 1.807) is 0 Å². The number of hydrogen-bond acceptors (Lipinski definition) is 7. The van der Waals surface area contributed by atoms with E-state index in [1.807, 2.05) is 30.3 Å². The number of nitrogens with one attached hydrogen (secondary N) is 1. The highest BCUT2D eigenvalue weighted by Crippen LogP contribution is 2.26. The zero-order valence-electron chi connectivity index (χ0n) is 14.6. The average molecular weight is 360 g/mol. The minimum Gasteiger partial charge on any atom is -0.395 e. The minimum absolute atomic E-state index is 0.0583. The maximum absolute atomic E-state index is 12.4. The van der Waals surface area contributed by atoms with E-state index in [1.165, 1.54) is 11.1 Å². The van der Waals surface area contributed by atoms with E-state index in [9.17, 15) is 10.1 Å². The summed E-state index contributed by atoms with van der Waals surface area (Å²) >= 11 is 0. The SMILES string of the molecule is N#C/C(=C/Nc1ccccc1N1CCOCC1)C(=O)N(CCO)CCO. The number of ether oxygens (including phenoxy) is 1. The van der Waals surface area contributed by atoms with Gasteiger partial charge in [-0.15, -0.1) is 0 Å². The molecule has 0 aliphatic carbocycles. The van der Waals surface area contributed by atoms with E-state index in [0.29, 0.717) is 13.2 Å². The van der Waals surface area contributed by atoms with Crippen molar-refractivity contribution in [1.29, 1.82) is 5.26 Å². The molecule has 1 amide bonds. The topological polar surface area (TPSA) is 109 Å². The Morgan fingerprint density at radius 3 is 2.54 bits per heavy atom. The fourth-order valence-electron chi connectivity index (χ4n) is 2.69. The highest BCUT2D eigenvalue weighted by atomic mass is 16.5. The first-order valence-electron chi connectivity index (χ1n) is 8.50. The summed E-state index contributed by atoms with van der Waals surface area (Å²) in [6, 6.07) is 9.53. The van der Waals surface area contributed by atoms with Crippen LogP contribution in [-0.4, -0.2) is 73.6 Å². The maximum atomic E-state index is 12.4. The Kier molecular flexibility index (Phi) is 7.89. The molecule has 1 aromatic carbocycles. The van der Waals surface area contributed by atoms with E-state index < -0.39 is 5.91 Å². The van der Waals surface area contributed by atoms with Gasteiger partial charge in [-0.05, 0) is 12.1 Å². The van der Waals surface area contributed by atoms with Crippen molar-refractivity contribution in [1.82, 2.24) is 4.90 Å². The summed E-state index contributed by atoms with van der Waals surface area (Å²) in [5.41, 5.74) is 1.66. The molecule has 1 fully saturated rings.